The van der Waals surface area contributed by atoms with Crippen molar-refractivity contribution in [2.45, 2.75) is 5.54 Å². The summed E-state index contributed by atoms with van der Waals surface area (Å²) in [7, 11) is -2.28. The highest BCUT2D eigenvalue weighted by Gasteiger charge is 2.52. The number of rotatable bonds is 5. The van der Waals surface area contributed by atoms with Gasteiger partial charge < -0.3 is 19.1 Å². The Bertz CT molecular complexity index is 1140. The van der Waals surface area contributed by atoms with Gasteiger partial charge in [-0.2, -0.15) is 12.7 Å². The summed E-state index contributed by atoms with van der Waals surface area (Å²) in [6, 6.07) is 13.9. The number of benzene rings is 2. The molecule has 0 bridgehead atoms. The van der Waals surface area contributed by atoms with Crippen molar-refractivity contribution in [2.75, 3.05) is 33.4 Å². The average molecular weight is 526 g/mol. The summed E-state index contributed by atoms with van der Waals surface area (Å²) in [6.07, 6.45) is 0. The topological polar surface area (TPSA) is 88.2 Å². The maximum absolute atomic E-state index is 13.2. The zero-order valence-corrected chi connectivity index (χ0v) is 19.8. The molecule has 2 aromatic rings. The summed E-state index contributed by atoms with van der Waals surface area (Å²) in [5.41, 5.74) is -0.0711. The van der Waals surface area contributed by atoms with Gasteiger partial charge in [-0.1, -0.05) is 40.2 Å². The maximum atomic E-state index is 13.2. The summed E-state index contributed by atoms with van der Waals surface area (Å²) >= 11 is 8.80. The lowest BCUT2D eigenvalue weighted by molar-refractivity contribution is -0.124. The average Bonchev–Trinajstić information content (AvgIpc) is 2.97. The van der Waals surface area contributed by atoms with Gasteiger partial charge in [0.25, 0.3) is 5.91 Å². The van der Waals surface area contributed by atoms with Gasteiger partial charge in [0, 0.05) is 24.6 Å². The number of carbonyl (C=O) groups excluding carboxylic acids is 1. The van der Waals surface area contributed by atoms with Gasteiger partial charge in [0.15, 0.2) is 10.7 Å². The van der Waals surface area contributed by atoms with Gasteiger partial charge in [-0.25, -0.2) is 0 Å². The largest absolute Gasteiger partial charge is 0.385 e. The van der Waals surface area contributed by atoms with Gasteiger partial charge in [-0.15, -0.1) is 0 Å². The Hall–Kier alpha value is -2.05. The summed E-state index contributed by atoms with van der Waals surface area (Å²) in [5, 5.41) is 2.99. The summed E-state index contributed by atoms with van der Waals surface area (Å²) in [5.74, 6) is -0.219. The molecule has 0 aromatic heterocycles. The first kappa shape index (κ1) is 22.2. The zero-order chi connectivity index (χ0) is 22.2. The van der Waals surface area contributed by atoms with Crippen molar-refractivity contribution in [1.29, 1.82) is 0 Å². The molecule has 2 heterocycles. The van der Waals surface area contributed by atoms with Crippen molar-refractivity contribution < 1.29 is 22.1 Å². The molecule has 0 aliphatic carbocycles. The van der Waals surface area contributed by atoms with E-state index in [9.17, 15) is 13.2 Å². The summed E-state index contributed by atoms with van der Waals surface area (Å²) in [4.78, 5) is 14.9. The molecule has 11 heteroatoms. The molecular weight excluding hydrogens is 506 g/mol. The van der Waals surface area contributed by atoms with Crippen LogP contribution in [0.4, 0.5) is 0 Å². The van der Waals surface area contributed by atoms with Gasteiger partial charge >= 0.3 is 10.3 Å². The second-order valence-corrected chi connectivity index (χ2v) is 9.96. The molecule has 164 valence electrons. The first-order valence-corrected chi connectivity index (χ1v) is 12.0. The van der Waals surface area contributed by atoms with Gasteiger partial charge in [0.1, 0.15) is 5.75 Å². The van der Waals surface area contributed by atoms with Crippen LogP contribution in [0.2, 0.25) is 0 Å². The molecule has 31 heavy (non-hydrogen) atoms. The van der Waals surface area contributed by atoms with E-state index in [1.807, 2.05) is 24.3 Å². The number of nitrogens with one attached hydrogen (secondary N) is 1. The van der Waals surface area contributed by atoms with E-state index in [0.29, 0.717) is 24.3 Å². The van der Waals surface area contributed by atoms with E-state index in [-0.39, 0.29) is 29.9 Å². The minimum atomic E-state index is -4.00. The van der Waals surface area contributed by atoms with Crippen LogP contribution >= 0.6 is 28.1 Å². The second-order valence-electron chi connectivity index (χ2n) is 7.12. The molecule has 1 unspecified atom stereocenters. The van der Waals surface area contributed by atoms with E-state index in [0.717, 1.165) is 4.47 Å². The molecule has 0 spiro atoms. The van der Waals surface area contributed by atoms with Crippen molar-refractivity contribution in [2.24, 2.45) is 0 Å². The highest BCUT2D eigenvalue weighted by atomic mass is 79.9. The third kappa shape index (κ3) is 3.96. The number of carbonyl (C=O) groups is 1. The lowest BCUT2D eigenvalue weighted by Crippen LogP contribution is -2.46. The Balaban J connectivity index is 1.78. The Labute approximate surface area is 194 Å². The summed E-state index contributed by atoms with van der Waals surface area (Å²) < 4.78 is 38.0. The van der Waals surface area contributed by atoms with E-state index in [4.69, 9.17) is 21.1 Å². The number of hydrogen-bond acceptors (Lipinski definition) is 6. The molecule has 2 fully saturated rings. The van der Waals surface area contributed by atoms with Crippen LogP contribution in [0.15, 0.2) is 53.0 Å². The predicted molar refractivity (Wildman–Crippen MR) is 122 cm³/mol. The molecule has 0 radical (unpaired) electrons. The molecule has 1 N–H and O–H groups in total. The van der Waals surface area contributed by atoms with Crippen molar-refractivity contribution in [3.8, 4) is 5.75 Å². The number of morpholine rings is 1. The number of ether oxygens (including phenoxy) is 1. The van der Waals surface area contributed by atoms with E-state index in [1.165, 1.54) is 4.31 Å². The number of amides is 1. The molecule has 4 rings (SSSR count). The van der Waals surface area contributed by atoms with Crippen LogP contribution in [0, 0.1) is 0 Å². The highest BCUT2D eigenvalue weighted by molar-refractivity contribution is 9.10. The second kappa shape index (κ2) is 8.47. The Morgan fingerprint density at radius 2 is 1.77 bits per heavy atom. The van der Waals surface area contributed by atoms with Crippen LogP contribution in [0.3, 0.4) is 0 Å². The lowest BCUT2D eigenvalue weighted by Gasteiger charge is -2.35. The molecule has 2 aromatic carbocycles. The minimum absolute atomic E-state index is 0.109. The highest BCUT2D eigenvalue weighted by Crippen LogP contribution is 2.41. The molecular formula is C20H20BrN3O5S2. The third-order valence-electron chi connectivity index (χ3n) is 5.34. The van der Waals surface area contributed by atoms with Crippen molar-refractivity contribution in [1.82, 2.24) is 14.5 Å². The fourth-order valence-corrected chi connectivity index (χ4v) is 5.50. The summed E-state index contributed by atoms with van der Waals surface area (Å²) in [6.45, 7) is 1.08. The molecule has 1 atom stereocenters. The molecule has 0 saturated carbocycles. The van der Waals surface area contributed by atoms with Crippen LogP contribution in [-0.2, 0) is 25.4 Å². The monoisotopic (exact) mass is 525 g/mol. The maximum Gasteiger partial charge on any atom is 0.385 e. The van der Waals surface area contributed by atoms with Gasteiger partial charge in [-0.3, -0.25) is 4.79 Å². The first-order valence-electron chi connectivity index (χ1n) is 9.48. The zero-order valence-electron chi connectivity index (χ0n) is 16.6. The number of nitrogens with zero attached hydrogens (tertiary/aromatic N) is 2. The van der Waals surface area contributed by atoms with Crippen LogP contribution in [0.5, 0.6) is 5.75 Å². The number of thiocarbonyl (C=S) groups is 1. The van der Waals surface area contributed by atoms with Crippen LogP contribution in [0.1, 0.15) is 11.1 Å². The molecule has 2 saturated heterocycles. The van der Waals surface area contributed by atoms with Crippen LogP contribution in [-0.4, -0.2) is 62.0 Å². The van der Waals surface area contributed by atoms with Crippen LogP contribution in [0.25, 0.3) is 0 Å². The fraction of sp³-hybridized carbons (Fsp3) is 0.300. The van der Waals surface area contributed by atoms with Gasteiger partial charge in [0.2, 0.25) is 0 Å². The van der Waals surface area contributed by atoms with E-state index >= 15 is 0 Å². The predicted octanol–water partition coefficient (Wildman–Crippen LogP) is 1.99. The lowest BCUT2D eigenvalue weighted by atomic mass is 9.81. The standard InChI is InChI=1S/C20H20BrN3O5S2/c1-23-19(30)22-18(25)20(23,14-4-2-6-16(21)12-14)15-5-3-7-17(13-15)29-31(26,27)24-8-10-28-11-9-24/h2-7,12-13H,8-11H2,1H3,(H,22,25,30). The van der Waals surface area contributed by atoms with E-state index < -0.39 is 15.8 Å². The smallest absolute Gasteiger partial charge is 0.379 e. The van der Waals surface area contributed by atoms with Crippen molar-refractivity contribution >= 4 is 49.5 Å². The number of likely N-dealkylation sites (N-methyl/N-ethyl adjacent to an activating group) is 1. The van der Waals surface area contributed by atoms with Crippen molar-refractivity contribution in [3.63, 3.8) is 0 Å². The van der Waals surface area contributed by atoms with E-state index in [2.05, 4.69) is 21.2 Å². The number of hydrogen-bond donors (Lipinski definition) is 1. The molecule has 1 amide bonds. The van der Waals surface area contributed by atoms with Gasteiger partial charge in [-0.05, 0) is 47.6 Å². The Morgan fingerprint density at radius 3 is 2.39 bits per heavy atom. The number of halogens is 1. The Kier molecular flexibility index (Phi) is 6.05. The molecule has 2 aliphatic rings. The fourth-order valence-electron chi connectivity index (χ4n) is 3.82. The quantitative estimate of drug-likeness (QED) is 0.597. The van der Waals surface area contributed by atoms with Gasteiger partial charge in [0.05, 0.1) is 13.2 Å². The third-order valence-corrected chi connectivity index (χ3v) is 7.61. The first-order chi connectivity index (χ1) is 14.7. The van der Waals surface area contributed by atoms with Crippen molar-refractivity contribution in [3.05, 3.63) is 64.1 Å². The van der Waals surface area contributed by atoms with Crippen LogP contribution < -0.4 is 9.50 Å². The SMILES string of the molecule is CN1C(=S)NC(=O)C1(c1cccc(Br)c1)c1cccc(OS(=O)(=O)N2CCOCC2)c1. The molecule has 8 nitrogen and oxygen atoms in total. The van der Waals surface area contributed by atoms with E-state index in [1.54, 1.807) is 36.2 Å². The minimum Gasteiger partial charge on any atom is -0.379 e. The molecule has 2 aliphatic heterocycles. The Morgan fingerprint density at radius 1 is 1.13 bits per heavy atom. The normalized spacial score (nSPS) is 22.5.